The molecule has 3 nitrogen and oxygen atoms in total. The van der Waals surface area contributed by atoms with Gasteiger partial charge in [0.1, 0.15) is 11.6 Å². The first-order valence-electron chi connectivity index (χ1n) is 6.83. The molecule has 2 rings (SSSR count). The van der Waals surface area contributed by atoms with E-state index in [1.165, 1.54) is 25.0 Å². The average molecular weight is 265 g/mol. The van der Waals surface area contributed by atoms with Crippen molar-refractivity contribution in [3.63, 3.8) is 0 Å². The van der Waals surface area contributed by atoms with E-state index in [4.69, 9.17) is 5.11 Å². The van der Waals surface area contributed by atoms with Crippen molar-refractivity contribution in [2.45, 2.75) is 32.6 Å². The molecule has 0 spiro atoms. The molecule has 0 unspecified atom stereocenters. The van der Waals surface area contributed by atoms with Gasteiger partial charge in [-0.25, -0.2) is 4.39 Å². The Hall–Kier alpha value is -1.58. The van der Waals surface area contributed by atoms with Crippen molar-refractivity contribution in [1.82, 2.24) is 5.32 Å². The number of halogens is 1. The fourth-order valence-corrected chi connectivity index (χ4v) is 2.55. The minimum absolute atomic E-state index is 0.0121. The highest BCUT2D eigenvalue weighted by molar-refractivity contribution is 5.94. The van der Waals surface area contributed by atoms with Crippen LogP contribution in [0.25, 0.3) is 0 Å². The Morgan fingerprint density at radius 3 is 2.68 bits per heavy atom. The molecule has 0 radical (unpaired) electrons. The van der Waals surface area contributed by atoms with Crippen molar-refractivity contribution in [2.24, 2.45) is 11.8 Å². The third-order valence-corrected chi connectivity index (χ3v) is 3.88. The van der Waals surface area contributed by atoms with E-state index in [0.717, 1.165) is 24.8 Å². The number of amides is 1. The normalized spacial score (nSPS) is 23.1. The topological polar surface area (TPSA) is 49.3 Å². The second kappa shape index (κ2) is 6.04. The van der Waals surface area contributed by atoms with Crippen LogP contribution in [0, 0.1) is 17.7 Å². The third-order valence-electron chi connectivity index (χ3n) is 3.88. The lowest BCUT2D eigenvalue weighted by molar-refractivity contribution is 0.0938. The van der Waals surface area contributed by atoms with Gasteiger partial charge in [0.05, 0.1) is 5.56 Å². The van der Waals surface area contributed by atoms with Gasteiger partial charge in [-0.1, -0.05) is 19.8 Å². The molecule has 4 heteroatoms. The maximum absolute atomic E-state index is 13.5. The summed E-state index contributed by atoms with van der Waals surface area (Å²) in [6.45, 7) is 2.85. The molecule has 1 saturated carbocycles. The zero-order valence-corrected chi connectivity index (χ0v) is 11.2. The number of benzene rings is 1. The number of hydrogen-bond donors (Lipinski definition) is 2. The summed E-state index contributed by atoms with van der Waals surface area (Å²) < 4.78 is 13.5. The summed E-state index contributed by atoms with van der Waals surface area (Å²) in [7, 11) is 0. The quantitative estimate of drug-likeness (QED) is 0.882. The van der Waals surface area contributed by atoms with E-state index in [1.54, 1.807) is 0 Å². The smallest absolute Gasteiger partial charge is 0.254 e. The van der Waals surface area contributed by atoms with Crippen molar-refractivity contribution in [1.29, 1.82) is 0 Å². The van der Waals surface area contributed by atoms with Crippen LogP contribution in [0.5, 0.6) is 5.75 Å². The average Bonchev–Trinajstić information content (AvgIpc) is 2.37. The second-order valence-electron chi connectivity index (χ2n) is 5.50. The van der Waals surface area contributed by atoms with Crippen LogP contribution in [-0.2, 0) is 0 Å². The van der Waals surface area contributed by atoms with Gasteiger partial charge in [-0.15, -0.1) is 0 Å². The number of phenols is 1. The third kappa shape index (κ3) is 3.69. The molecular formula is C15H20FNO2. The minimum Gasteiger partial charge on any atom is -0.508 e. The van der Waals surface area contributed by atoms with Crippen LogP contribution in [0.4, 0.5) is 4.39 Å². The van der Waals surface area contributed by atoms with Crippen LogP contribution in [-0.4, -0.2) is 17.6 Å². The molecule has 1 aromatic carbocycles. The second-order valence-corrected chi connectivity index (χ2v) is 5.50. The summed E-state index contributed by atoms with van der Waals surface area (Å²) in [6.07, 6.45) is 4.65. The predicted molar refractivity (Wildman–Crippen MR) is 71.5 cm³/mol. The molecule has 1 amide bonds. The number of aromatic hydroxyl groups is 1. The van der Waals surface area contributed by atoms with Crippen molar-refractivity contribution in [3.8, 4) is 5.75 Å². The molecule has 1 fully saturated rings. The molecule has 0 atom stereocenters. The molecule has 0 aromatic heterocycles. The Labute approximate surface area is 112 Å². The number of nitrogens with one attached hydrogen (secondary N) is 1. The molecule has 1 aliphatic carbocycles. The lowest BCUT2D eigenvalue weighted by Crippen LogP contribution is -2.31. The van der Waals surface area contributed by atoms with E-state index < -0.39 is 11.7 Å². The number of phenolic OH excluding ortho intramolecular Hbond substituents is 1. The highest BCUT2D eigenvalue weighted by atomic mass is 19.1. The molecule has 0 bridgehead atoms. The van der Waals surface area contributed by atoms with Crippen molar-refractivity contribution in [3.05, 3.63) is 29.6 Å². The molecule has 1 aliphatic rings. The number of carbonyl (C=O) groups is 1. The Balaban J connectivity index is 1.87. The first kappa shape index (κ1) is 13.8. The van der Waals surface area contributed by atoms with Crippen molar-refractivity contribution < 1.29 is 14.3 Å². The standard InChI is InChI=1S/C15H20FNO2/c1-10-2-4-11(5-3-10)9-17-15(19)13-7-6-12(18)8-14(13)16/h6-8,10-11,18H,2-5,9H2,1H3,(H,17,19). The number of hydrogen-bond acceptors (Lipinski definition) is 2. The lowest BCUT2D eigenvalue weighted by Gasteiger charge is -2.26. The zero-order valence-electron chi connectivity index (χ0n) is 11.2. The summed E-state index contributed by atoms with van der Waals surface area (Å²) in [5, 5.41) is 11.9. The molecule has 104 valence electrons. The molecule has 1 aromatic rings. The largest absolute Gasteiger partial charge is 0.508 e. The summed E-state index contributed by atoms with van der Waals surface area (Å²) in [5.74, 6) is 0.0167. The zero-order chi connectivity index (χ0) is 13.8. The highest BCUT2D eigenvalue weighted by Gasteiger charge is 2.19. The van der Waals surface area contributed by atoms with Crippen LogP contribution < -0.4 is 5.32 Å². The minimum atomic E-state index is -0.685. The summed E-state index contributed by atoms with van der Waals surface area (Å²) in [6, 6.07) is 3.58. The van der Waals surface area contributed by atoms with Crippen LogP contribution in [0.15, 0.2) is 18.2 Å². The molecule has 2 N–H and O–H groups in total. The Morgan fingerprint density at radius 1 is 1.37 bits per heavy atom. The monoisotopic (exact) mass is 265 g/mol. The van der Waals surface area contributed by atoms with Gasteiger partial charge in [0.2, 0.25) is 0 Å². The van der Waals surface area contributed by atoms with Crippen LogP contribution in [0.2, 0.25) is 0 Å². The maximum atomic E-state index is 13.5. The first-order valence-corrected chi connectivity index (χ1v) is 6.83. The summed E-state index contributed by atoms with van der Waals surface area (Å²) in [4.78, 5) is 11.9. The fourth-order valence-electron chi connectivity index (χ4n) is 2.55. The van der Waals surface area contributed by atoms with E-state index >= 15 is 0 Å². The molecule has 0 saturated heterocycles. The molecule has 0 heterocycles. The van der Waals surface area contributed by atoms with E-state index in [-0.39, 0.29) is 11.3 Å². The van der Waals surface area contributed by atoms with E-state index in [1.807, 2.05) is 0 Å². The summed E-state index contributed by atoms with van der Waals surface area (Å²) >= 11 is 0. The predicted octanol–water partition coefficient (Wildman–Crippen LogP) is 3.09. The highest BCUT2D eigenvalue weighted by Crippen LogP contribution is 2.27. The first-order chi connectivity index (χ1) is 9.06. The van der Waals surface area contributed by atoms with Gasteiger partial charge in [-0.2, -0.15) is 0 Å². The van der Waals surface area contributed by atoms with Gasteiger partial charge in [0, 0.05) is 12.6 Å². The SMILES string of the molecule is CC1CCC(CNC(=O)c2ccc(O)cc2F)CC1. The van der Waals surface area contributed by atoms with Crippen LogP contribution in [0.3, 0.4) is 0 Å². The van der Waals surface area contributed by atoms with Gasteiger partial charge in [0.15, 0.2) is 0 Å². The number of carbonyl (C=O) groups excluding carboxylic acids is 1. The Morgan fingerprint density at radius 2 is 2.05 bits per heavy atom. The molecular weight excluding hydrogens is 245 g/mol. The van der Waals surface area contributed by atoms with Crippen LogP contribution >= 0.6 is 0 Å². The Kier molecular flexibility index (Phi) is 4.40. The van der Waals surface area contributed by atoms with Gasteiger partial charge >= 0.3 is 0 Å². The molecule has 0 aliphatic heterocycles. The molecule has 19 heavy (non-hydrogen) atoms. The van der Waals surface area contributed by atoms with E-state index in [9.17, 15) is 9.18 Å². The maximum Gasteiger partial charge on any atom is 0.254 e. The van der Waals surface area contributed by atoms with Gasteiger partial charge in [-0.05, 0) is 36.8 Å². The Bertz CT molecular complexity index is 453. The lowest BCUT2D eigenvalue weighted by atomic mass is 9.83. The van der Waals surface area contributed by atoms with E-state index in [0.29, 0.717) is 12.5 Å². The van der Waals surface area contributed by atoms with Gasteiger partial charge < -0.3 is 10.4 Å². The number of rotatable bonds is 3. The van der Waals surface area contributed by atoms with Crippen LogP contribution in [0.1, 0.15) is 43.0 Å². The van der Waals surface area contributed by atoms with E-state index in [2.05, 4.69) is 12.2 Å². The fraction of sp³-hybridized carbons (Fsp3) is 0.533. The van der Waals surface area contributed by atoms with Crippen molar-refractivity contribution >= 4 is 5.91 Å². The summed E-state index contributed by atoms with van der Waals surface area (Å²) in [5.41, 5.74) is -0.0121. The van der Waals surface area contributed by atoms with Gasteiger partial charge in [-0.3, -0.25) is 4.79 Å². The van der Waals surface area contributed by atoms with Crippen molar-refractivity contribution in [2.75, 3.05) is 6.54 Å². The van der Waals surface area contributed by atoms with Gasteiger partial charge in [0.25, 0.3) is 5.91 Å².